The van der Waals surface area contributed by atoms with Crippen molar-refractivity contribution in [3.63, 3.8) is 0 Å². The van der Waals surface area contributed by atoms with E-state index in [1.54, 1.807) is 0 Å². The highest BCUT2D eigenvalue weighted by atomic mass is 19.4. The first kappa shape index (κ1) is 14.3. The number of halogens is 4. The van der Waals surface area contributed by atoms with Gasteiger partial charge in [0, 0.05) is 6.54 Å². The van der Waals surface area contributed by atoms with Gasteiger partial charge in [0.2, 0.25) is 0 Å². The van der Waals surface area contributed by atoms with E-state index in [1.807, 2.05) is 0 Å². The van der Waals surface area contributed by atoms with Crippen LogP contribution in [0.1, 0.15) is 0 Å². The molecule has 0 radical (unpaired) electrons. The quantitative estimate of drug-likeness (QED) is 0.832. The molecule has 1 aromatic carbocycles. The lowest BCUT2D eigenvalue weighted by atomic mass is 10.3. The number of rotatable bonds is 5. The standard InChI is InChI=1S/C11H11F4NO2/c12-8(5-6-16)7-17-9-1-3-10(4-2-9)18-11(13,14)15/h1-5H,6-7,16H2/b8-5+. The Hall–Kier alpha value is -1.76. The molecule has 0 saturated carbocycles. The van der Waals surface area contributed by atoms with Crippen LogP contribution in [-0.2, 0) is 0 Å². The molecule has 0 fully saturated rings. The molecule has 3 nitrogen and oxygen atoms in total. The maximum Gasteiger partial charge on any atom is 0.573 e. The number of nitrogens with two attached hydrogens (primary N) is 1. The highest BCUT2D eigenvalue weighted by Gasteiger charge is 2.30. The van der Waals surface area contributed by atoms with Crippen molar-refractivity contribution in [1.82, 2.24) is 0 Å². The van der Waals surface area contributed by atoms with Crippen molar-refractivity contribution in [3.8, 4) is 11.5 Å². The molecule has 0 spiro atoms. The van der Waals surface area contributed by atoms with E-state index in [-0.39, 0.29) is 24.7 Å². The zero-order valence-corrected chi connectivity index (χ0v) is 9.21. The minimum Gasteiger partial charge on any atom is -0.487 e. The van der Waals surface area contributed by atoms with Crippen molar-refractivity contribution in [3.05, 3.63) is 36.2 Å². The molecule has 1 aromatic rings. The summed E-state index contributed by atoms with van der Waals surface area (Å²) in [6, 6.07) is 4.65. The summed E-state index contributed by atoms with van der Waals surface area (Å²) >= 11 is 0. The Morgan fingerprint density at radius 3 is 2.22 bits per heavy atom. The lowest BCUT2D eigenvalue weighted by molar-refractivity contribution is -0.274. The van der Waals surface area contributed by atoms with Crippen LogP contribution in [0.2, 0.25) is 0 Å². The fourth-order valence-corrected chi connectivity index (χ4v) is 1.08. The zero-order chi connectivity index (χ0) is 13.6. The van der Waals surface area contributed by atoms with Crippen LogP contribution in [0.4, 0.5) is 17.6 Å². The van der Waals surface area contributed by atoms with E-state index >= 15 is 0 Å². The van der Waals surface area contributed by atoms with Gasteiger partial charge in [0.15, 0.2) is 0 Å². The van der Waals surface area contributed by atoms with Crippen LogP contribution >= 0.6 is 0 Å². The van der Waals surface area contributed by atoms with Gasteiger partial charge < -0.3 is 15.2 Å². The second-order valence-corrected chi connectivity index (χ2v) is 3.19. The highest BCUT2D eigenvalue weighted by molar-refractivity contribution is 5.31. The lowest BCUT2D eigenvalue weighted by Crippen LogP contribution is -2.16. The Kier molecular flexibility index (Phi) is 4.96. The van der Waals surface area contributed by atoms with E-state index < -0.39 is 12.2 Å². The third-order valence-electron chi connectivity index (χ3n) is 1.77. The van der Waals surface area contributed by atoms with Gasteiger partial charge in [0.05, 0.1) is 0 Å². The fraction of sp³-hybridized carbons (Fsp3) is 0.273. The second kappa shape index (κ2) is 6.25. The molecule has 7 heteroatoms. The number of benzene rings is 1. The molecule has 0 atom stereocenters. The molecular weight excluding hydrogens is 254 g/mol. The Morgan fingerprint density at radius 1 is 1.17 bits per heavy atom. The third kappa shape index (κ3) is 5.53. The topological polar surface area (TPSA) is 44.5 Å². The van der Waals surface area contributed by atoms with E-state index in [0.29, 0.717) is 0 Å². The van der Waals surface area contributed by atoms with Crippen molar-refractivity contribution < 1.29 is 27.0 Å². The van der Waals surface area contributed by atoms with Crippen LogP contribution in [0, 0.1) is 0 Å². The van der Waals surface area contributed by atoms with Gasteiger partial charge in [-0.15, -0.1) is 13.2 Å². The SMILES string of the molecule is NC/C=C(/F)COc1ccc(OC(F)(F)F)cc1. The normalized spacial score (nSPS) is 12.4. The first-order chi connectivity index (χ1) is 8.40. The van der Waals surface area contributed by atoms with Gasteiger partial charge in [0.1, 0.15) is 23.9 Å². The number of alkyl halides is 3. The summed E-state index contributed by atoms with van der Waals surface area (Å²) in [5.41, 5.74) is 5.08. The Bertz CT molecular complexity index is 400. The largest absolute Gasteiger partial charge is 0.573 e. The predicted octanol–water partition coefficient (Wildman–Crippen LogP) is 2.78. The third-order valence-corrected chi connectivity index (χ3v) is 1.77. The summed E-state index contributed by atoms with van der Waals surface area (Å²) in [5, 5.41) is 0. The second-order valence-electron chi connectivity index (χ2n) is 3.19. The average molecular weight is 265 g/mol. The minimum atomic E-state index is -4.74. The van der Waals surface area contributed by atoms with Crippen LogP contribution in [0.25, 0.3) is 0 Å². The van der Waals surface area contributed by atoms with Crippen LogP contribution < -0.4 is 15.2 Å². The highest BCUT2D eigenvalue weighted by Crippen LogP contribution is 2.24. The summed E-state index contributed by atoms with van der Waals surface area (Å²) in [4.78, 5) is 0. The van der Waals surface area contributed by atoms with E-state index in [0.717, 1.165) is 18.2 Å². The first-order valence-corrected chi connectivity index (χ1v) is 4.94. The summed E-state index contributed by atoms with van der Waals surface area (Å²) in [5.74, 6) is -0.689. The Morgan fingerprint density at radius 2 is 1.72 bits per heavy atom. The molecular formula is C11H11F4NO2. The van der Waals surface area contributed by atoms with E-state index in [2.05, 4.69) is 4.74 Å². The van der Waals surface area contributed by atoms with Crippen molar-refractivity contribution in [2.24, 2.45) is 5.73 Å². The predicted molar refractivity (Wildman–Crippen MR) is 56.9 cm³/mol. The van der Waals surface area contributed by atoms with Gasteiger partial charge in [-0.1, -0.05) is 0 Å². The van der Waals surface area contributed by atoms with Gasteiger partial charge in [-0.25, -0.2) is 4.39 Å². The molecule has 0 aromatic heterocycles. The van der Waals surface area contributed by atoms with Crippen molar-refractivity contribution in [2.75, 3.05) is 13.2 Å². The number of hydrogen-bond acceptors (Lipinski definition) is 3. The molecule has 0 aliphatic heterocycles. The number of ether oxygens (including phenoxy) is 2. The van der Waals surface area contributed by atoms with Gasteiger partial charge in [-0.2, -0.15) is 0 Å². The number of hydrogen-bond donors (Lipinski definition) is 1. The summed E-state index contributed by atoms with van der Waals surface area (Å²) < 4.78 is 57.1. The first-order valence-electron chi connectivity index (χ1n) is 4.94. The van der Waals surface area contributed by atoms with Crippen molar-refractivity contribution in [2.45, 2.75) is 6.36 Å². The summed E-state index contributed by atoms with van der Waals surface area (Å²) in [6.07, 6.45) is -3.60. The summed E-state index contributed by atoms with van der Waals surface area (Å²) in [7, 11) is 0. The van der Waals surface area contributed by atoms with Crippen LogP contribution in [0.3, 0.4) is 0 Å². The van der Waals surface area contributed by atoms with Crippen molar-refractivity contribution in [1.29, 1.82) is 0 Å². The van der Waals surface area contributed by atoms with Gasteiger partial charge in [-0.05, 0) is 30.3 Å². The fourth-order valence-electron chi connectivity index (χ4n) is 1.08. The molecule has 0 saturated heterocycles. The maximum absolute atomic E-state index is 12.9. The average Bonchev–Trinajstić information content (AvgIpc) is 2.26. The Labute approximate surface area is 101 Å². The van der Waals surface area contributed by atoms with Crippen LogP contribution in [0.15, 0.2) is 36.2 Å². The van der Waals surface area contributed by atoms with Crippen LogP contribution in [0.5, 0.6) is 11.5 Å². The molecule has 0 heterocycles. The maximum atomic E-state index is 12.9. The lowest BCUT2D eigenvalue weighted by Gasteiger charge is -2.09. The minimum absolute atomic E-state index is 0.0492. The molecule has 1 rings (SSSR count). The molecule has 0 aliphatic rings. The van der Waals surface area contributed by atoms with Gasteiger partial charge in [-0.3, -0.25) is 0 Å². The molecule has 100 valence electrons. The summed E-state index contributed by atoms with van der Waals surface area (Å²) in [6.45, 7) is -0.274. The monoisotopic (exact) mass is 265 g/mol. The molecule has 0 amide bonds. The smallest absolute Gasteiger partial charge is 0.487 e. The van der Waals surface area contributed by atoms with E-state index in [1.165, 1.54) is 12.1 Å². The van der Waals surface area contributed by atoms with Gasteiger partial charge in [0.25, 0.3) is 0 Å². The van der Waals surface area contributed by atoms with Crippen molar-refractivity contribution >= 4 is 0 Å². The Balaban J connectivity index is 2.53. The molecule has 2 N–H and O–H groups in total. The van der Waals surface area contributed by atoms with E-state index in [4.69, 9.17) is 10.5 Å². The molecule has 0 bridgehead atoms. The van der Waals surface area contributed by atoms with E-state index in [9.17, 15) is 17.6 Å². The molecule has 18 heavy (non-hydrogen) atoms. The van der Waals surface area contributed by atoms with Gasteiger partial charge >= 0.3 is 6.36 Å². The zero-order valence-electron chi connectivity index (χ0n) is 9.21. The molecule has 0 aliphatic carbocycles. The van der Waals surface area contributed by atoms with Crippen LogP contribution in [-0.4, -0.2) is 19.5 Å². The molecule has 0 unspecified atom stereocenters.